The minimum absolute atomic E-state index is 0.0475. The Bertz CT molecular complexity index is 3310. The molecule has 0 saturated heterocycles. The van der Waals surface area contributed by atoms with Crippen LogP contribution in [0.1, 0.15) is 153 Å². The van der Waals surface area contributed by atoms with E-state index >= 15 is 0 Å². The second-order valence-corrected chi connectivity index (χ2v) is 25.0. The van der Waals surface area contributed by atoms with Crippen LogP contribution in [0.15, 0.2) is 127 Å². The highest BCUT2D eigenvalue weighted by Gasteiger charge is 2.54. The van der Waals surface area contributed by atoms with E-state index in [1.165, 1.54) is 143 Å². The lowest BCUT2D eigenvalue weighted by atomic mass is 9.42. The van der Waals surface area contributed by atoms with Gasteiger partial charge in [0, 0.05) is 39.1 Å². The Morgan fingerprint density at radius 1 is 0.388 bits per heavy atom. The van der Waals surface area contributed by atoms with Gasteiger partial charge < -0.3 is 9.71 Å². The molecule has 7 aromatic rings. The summed E-state index contributed by atoms with van der Waals surface area (Å²) >= 11 is 0. The summed E-state index contributed by atoms with van der Waals surface area (Å²) in [5, 5.41) is 0. The molecule has 0 amide bonds. The zero-order valence-electron chi connectivity index (χ0n) is 41.9. The molecule has 0 bridgehead atoms. The maximum atomic E-state index is 2.78. The number of fused-ring (bicyclic) bond motifs is 12. The van der Waals surface area contributed by atoms with Crippen LogP contribution < -0.4 is 20.6 Å². The van der Waals surface area contributed by atoms with Crippen LogP contribution in [0.2, 0.25) is 0 Å². The molecule has 0 aromatic heterocycles. The van der Waals surface area contributed by atoms with Crippen LogP contribution in [-0.4, -0.2) is 6.85 Å². The van der Waals surface area contributed by atoms with Gasteiger partial charge in [-0.1, -0.05) is 174 Å². The van der Waals surface area contributed by atoms with Gasteiger partial charge in [0.25, 0.3) is 0 Å². The van der Waals surface area contributed by atoms with E-state index in [2.05, 4.69) is 220 Å². The van der Waals surface area contributed by atoms with E-state index in [-0.39, 0.29) is 39.3 Å². The largest absolute Gasteiger partial charge is 0.376 e. The number of anilines is 5. The lowest BCUT2D eigenvalue weighted by molar-refractivity contribution is 0.331. The van der Waals surface area contributed by atoms with E-state index in [4.69, 9.17) is 0 Å². The fourth-order valence-corrected chi connectivity index (χ4v) is 14.2. The monoisotopic (exact) mass is 873 g/mol. The highest BCUT2D eigenvalue weighted by atomic mass is 15.2. The third kappa shape index (κ3) is 5.35. The lowest BCUT2D eigenvalue weighted by Crippen LogP contribution is -2.63. The van der Waals surface area contributed by atoms with Gasteiger partial charge >= 0.3 is 6.85 Å². The summed E-state index contributed by atoms with van der Waals surface area (Å²) < 4.78 is 0. The SMILES string of the molecule is CC1(C)CCC(C)(C)c2cc3c(cc21)-c1c2c(cc4c1-c1ccccc1C4(C)C)N1c4cc5c(cc4C(C)(C)c4cccc(c41)B2N3c1ccc(-c2ccccc2)cc1)C(C)(C)CCC5(C)C. The van der Waals surface area contributed by atoms with Crippen LogP contribution in [0.3, 0.4) is 0 Å². The molecule has 3 aliphatic heterocycles. The van der Waals surface area contributed by atoms with E-state index in [1.807, 2.05) is 0 Å². The summed E-state index contributed by atoms with van der Waals surface area (Å²) in [5.41, 5.74) is 29.3. The van der Waals surface area contributed by atoms with Crippen molar-refractivity contribution in [2.24, 2.45) is 0 Å². The van der Waals surface area contributed by atoms with Gasteiger partial charge in [0.1, 0.15) is 0 Å². The lowest BCUT2D eigenvalue weighted by Gasteiger charge is -2.52. The minimum Gasteiger partial charge on any atom is -0.376 e. The van der Waals surface area contributed by atoms with E-state index in [0.29, 0.717) is 0 Å². The summed E-state index contributed by atoms with van der Waals surface area (Å²) in [6.07, 6.45) is 4.73. The molecule has 67 heavy (non-hydrogen) atoms. The number of hydrogen-bond donors (Lipinski definition) is 0. The molecule has 7 aromatic carbocycles. The van der Waals surface area contributed by atoms with Gasteiger partial charge in [0.2, 0.25) is 0 Å². The van der Waals surface area contributed by atoms with Gasteiger partial charge in [-0.05, 0) is 167 Å². The normalized spacial score (nSPS) is 20.3. The molecule has 13 rings (SSSR count). The predicted molar refractivity (Wildman–Crippen MR) is 286 cm³/mol. The first-order valence-corrected chi connectivity index (χ1v) is 25.3. The van der Waals surface area contributed by atoms with Crippen molar-refractivity contribution in [3.05, 3.63) is 172 Å². The van der Waals surface area contributed by atoms with Gasteiger partial charge in [-0.2, -0.15) is 0 Å². The van der Waals surface area contributed by atoms with Crippen molar-refractivity contribution in [1.29, 1.82) is 0 Å². The second kappa shape index (κ2) is 13.0. The van der Waals surface area contributed by atoms with Crippen molar-refractivity contribution in [2.45, 2.75) is 141 Å². The average Bonchev–Trinajstić information content (AvgIpc) is 3.54. The van der Waals surface area contributed by atoms with Crippen LogP contribution >= 0.6 is 0 Å². The first kappa shape index (κ1) is 41.4. The number of para-hydroxylation sites is 1. The van der Waals surface area contributed by atoms with Gasteiger partial charge in [0.05, 0.1) is 5.69 Å². The molecule has 3 heterocycles. The van der Waals surface area contributed by atoms with Crippen LogP contribution in [0.4, 0.5) is 28.4 Å². The molecular formula is C64H65BN2. The Morgan fingerprint density at radius 2 is 0.910 bits per heavy atom. The summed E-state index contributed by atoms with van der Waals surface area (Å²) in [6, 6.07) is 50.5. The van der Waals surface area contributed by atoms with Crippen LogP contribution in [-0.2, 0) is 32.5 Å². The van der Waals surface area contributed by atoms with E-state index < -0.39 is 0 Å². The minimum atomic E-state index is -0.222. The molecule has 3 aliphatic carbocycles. The van der Waals surface area contributed by atoms with Crippen molar-refractivity contribution in [2.75, 3.05) is 9.71 Å². The number of hydrogen-bond acceptors (Lipinski definition) is 2. The van der Waals surface area contributed by atoms with E-state index in [9.17, 15) is 0 Å². The highest BCUT2D eigenvalue weighted by Crippen LogP contribution is 2.62. The maximum absolute atomic E-state index is 2.78. The van der Waals surface area contributed by atoms with Crippen molar-refractivity contribution in [1.82, 2.24) is 0 Å². The van der Waals surface area contributed by atoms with Crippen molar-refractivity contribution >= 4 is 46.2 Å². The summed E-state index contributed by atoms with van der Waals surface area (Å²) in [7, 11) is 0. The Balaban J connectivity index is 1.20. The third-order valence-corrected chi connectivity index (χ3v) is 18.6. The third-order valence-electron chi connectivity index (χ3n) is 18.6. The van der Waals surface area contributed by atoms with Crippen LogP contribution in [0.25, 0.3) is 33.4 Å². The average molecular weight is 873 g/mol. The molecule has 0 fully saturated rings. The molecule has 0 radical (unpaired) electrons. The molecule has 0 atom stereocenters. The molecule has 6 aliphatic rings. The zero-order chi connectivity index (χ0) is 46.5. The quantitative estimate of drug-likeness (QED) is 0.160. The van der Waals surface area contributed by atoms with Gasteiger partial charge in [-0.3, -0.25) is 0 Å². The molecule has 0 unspecified atom stereocenters. The van der Waals surface area contributed by atoms with Crippen LogP contribution in [0.5, 0.6) is 0 Å². The Hall–Kier alpha value is -5.80. The second-order valence-electron chi connectivity index (χ2n) is 25.0. The number of rotatable bonds is 2. The highest BCUT2D eigenvalue weighted by molar-refractivity contribution is 6.94. The van der Waals surface area contributed by atoms with Gasteiger partial charge in [-0.25, -0.2) is 0 Å². The van der Waals surface area contributed by atoms with Gasteiger partial charge in [-0.15, -0.1) is 0 Å². The molecule has 0 saturated carbocycles. The smallest absolute Gasteiger partial charge is 0.333 e. The summed E-state index contributed by atoms with van der Waals surface area (Å²) in [4.78, 5) is 5.56. The molecule has 0 spiro atoms. The van der Waals surface area contributed by atoms with Crippen molar-refractivity contribution in [3.8, 4) is 33.4 Å². The Labute approximate surface area is 400 Å². The molecule has 334 valence electrons. The zero-order valence-corrected chi connectivity index (χ0v) is 41.9. The number of nitrogens with zero attached hydrogens (tertiary/aromatic N) is 2. The topological polar surface area (TPSA) is 6.48 Å². The molecule has 0 N–H and O–H groups in total. The molecular weight excluding hydrogens is 808 g/mol. The molecule has 2 nitrogen and oxygen atoms in total. The summed E-state index contributed by atoms with van der Waals surface area (Å²) in [5.74, 6) is 0. The maximum Gasteiger partial charge on any atom is 0.333 e. The van der Waals surface area contributed by atoms with E-state index in [1.54, 1.807) is 0 Å². The van der Waals surface area contributed by atoms with Gasteiger partial charge in [0.15, 0.2) is 0 Å². The fraction of sp³-hybridized carbons (Fsp3) is 0.344. The number of benzene rings is 7. The standard InChI is InChI=1S/C64H65BN2/c1-59(2)29-31-61(5,6)47-35-52-42(33-45(47)59)56-55-41-21-16-17-22-43(41)63(9,10)50(55)37-54-57(56)65(67(52)40-27-25-39(26-28-40)38-19-14-13-15-20-38)51-24-18-23-44-58(51)66(54)53-36-48-46(34-49(53)64(44,11)12)60(3,4)30-32-62(48,7)8/h13-28,33-37H,29-32H2,1-12H3. The van der Waals surface area contributed by atoms with Crippen molar-refractivity contribution < 1.29 is 0 Å². The van der Waals surface area contributed by atoms with E-state index in [0.717, 1.165) is 0 Å². The first-order valence-electron chi connectivity index (χ1n) is 25.3. The fourth-order valence-electron chi connectivity index (χ4n) is 14.2. The first-order chi connectivity index (χ1) is 31.7. The predicted octanol–water partition coefficient (Wildman–Crippen LogP) is 15.7. The molecule has 3 heteroatoms. The van der Waals surface area contributed by atoms with Crippen LogP contribution in [0, 0.1) is 0 Å². The Kier molecular flexibility index (Phi) is 8.06. The Morgan fingerprint density at radius 3 is 1.57 bits per heavy atom. The van der Waals surface area contributed by atoms with Crippen molar-refractivity contribution in [3.63, 3.8) is 0 Å². The summed E-state index contributed by atoms with van der Waals surface area (Å²) in [6.45, 7) is 29.8.